The van der Waals surface area contributed by atoms with E-state index in [-0.39, 0.29) is 0 Å². The summed E-state index contributed by atoms with van der Waals surface area (Å²) in [6, 6.07) is 0. The van der Waals surface area contributed by atoms with Gasteiger partial charge in [-0.25, -0.2) is 0 Å². The minimum absolute atomic E-state index is 0.448. The molecule has 0 saturated heterocycles. The van der Waals surface area contributed by atoms with Crippen LogP contribution in [-0.4, -0.2) is 26.1 Å². The first-order valence-electron chi connectivity index (χ1n) is 5.12. The summed E-state index contributed by atoms with van der Waals surface area (Å²) in [5, 5.41) is 17.0. The lowest BCUT2D eigenvalue weighted by molar-refractivity contribution is -0.149. The van der Waals surface area contributed by atoms with Gasteiger partial charge in [-0.15, -0.1) is 5.10 Å². The molecule has 1 aromatic heterocycles. The van der Waals surface area contributed by atoms with E-state index in [1.54, 1.807) is 17.9 Å². The Balaban J connectivity index is 2.88. The van der Waals surface area contributed by atoms with Gasteiger partial charge in [-0.2, -0.15) is 0 Å². The number of nitrogens with zero attached hydrogens (tertiary/aromatic N) is 3. The number of carbonyl (C=O) groups is 1. The summed E-state index contributed by atoms with van der Waals surface area (Å²) in [6.45, 7) is 3.79. The summed E-state index contributed by atoms with van der Waals surface area (Å²) in [5.74, 6) is -0.752. The molecule has 5 nitrogen and oxygen atoms in total. The fourth-order valence-electron chi connectivity index (χ4n) is 1.70. The van der Waals surface area contributed by atoms with Crippen molar-refractivity contribution in [3.63, 3.8) is 0 Å². The van der Waals surface area contributed by atoms with Gasteiger partial charge in [0.05, 0.1) is 11.1 Å². The molecule has 0 amide bonds. The summed E-state index contributed by atoms with van der Waals surface area (Å²) in [7, 11) is 1.77. The Bertz CT molecular complexity index is 342. The predicted molar refractivity (Wildman–Crippen MR) is 55.4 cm³/mol. The SMILES string of the molecule is CCC(CC)(Cc1cn(C)nn1)C(=O)O. The second kappa shape index (κ2) is 4.42. The van der Waals surface area contributed by atoms with Gasteiger partial charge in [0.1, 0.15) is 0 Å². The Morgan fingerprint density at radius 2 is 2.13 bits per heavy atom. The third kappa shape index (κ3) is 2.34. The molecule has 0 saturated carbocycles. The molecule has 0 aliphatic carbocycles. The van der Waals surface area contributed by atoms with E-state index in [0.717, 1.165) is 5.69 Å². The topological polar surface area (TPSA) is 68.0 Å². The molecule has 5 heteroatoms. The van der Waals surface area contributed by atoms with Crippen molar-refractivity contribution in [3.8, 4) is 0 Å². The van der Waals surface area contributed by atoms with Crippen LogP contribution in [0.1, 0.15) is 32.4 Å². The van der Waals surface area contributed by atoms with Gasteiger partial charge in [-0.3, -0.25) is 9.48 Å². The van der Waals surface area contributed by atoms with Crippen molar-refractivity contribution < 1.29 is 9.90 Å². The highest BCUT2D eigenvalue weighted by Gasteiger charge is 2.35. The predicted octanol–water partition coefficient (Wildman–Crippen LogP) is 1.25. The molecule has 0 radical (unpaired) electrons. The van der Waals surface area contributed by atoms with Crippen LogP contribution < -0.4 is 0 Å². The smallest absolute Gasteiger partial charge is 0.310 e. The Morgan fingerprint density at radius 1 is 1.53 bits per heavy atom. The average molecular weight is 211 g/mol. The molecule has 0 fully saturated rings. The molecule has 1 N–H and O–H groups in total. The van der Waals surface area contributed by atoms with Crippen LogP contribution in [0.3, 0.4) is 0 Å². The summed E-state index contributed by atoms with van der Waals surface area (Å²) in [5.41, 5.74) is 0.0411. The summed E-state index contributed by atoms with van der Waals surface area (Å²) >= 11 is 0. The zero-order valence-electron chi connectivity index (χ0n) is 9.40. The van der Waals surface area contributed by atoms with Crippen LogP contribution in [-0.2, 0) is 18.3 Å². The molecule has 0 spiro atoms. The van der Waals surface area contributed by atoms with Crippen molar-refractivity contribution in [2.75, 3.05) is 0 Å². The first kappa shape index (κ1) is 11.7. The van der Waals surface area contributed by atoms with Crippen LogP contribution in [0.25, 0.3) is 0 Å². The van der Waals surface area contributed by atoms with Crippen LogP contribution in [0.2, 0.25) is 0 Å². The minimum atomic E-state index is -0.752. The number of aromatic nitrogens is 3. The number of aliphatic carboxylic acids is 1. The van der Waals surface area contributed by atoms with E-state index in [1.807, 2.05) is 13.8 Å². The van der Waals surface area contributed by atoms with Crippen LogP contribution in [0.15, 0.2) is 6.20 Å². The molecular weight excluding hydrogens is 194 g/mol. The van der Waals surface area contributed by atoms with E-state index >= 15 is 0 Å². The van der Waals surface area contributed by atoms with Crippen LogP contribution in [0.4, 0.5) is 0 Å². The molecule has 0 bridgehead atoms. The normalized spacial score (nSPS) is 11.7. The Labute approximate surface area is 89.1 Å². The van der Waals surface area contributed by atoms with Gasteiger partial charge in [-0.1, -0.05) is 19.1 Å². The standard InChI is InChI=1S/C10H17N3O2/c1-4-10(5-2,9(14)15)6-8-7-13(3)12-11-8/h7H,4-6H2,1-3H3,(H,14,15). The average Bonchev–Trinajstić information content (AvgIpc) is 2.60. The first-order valence-corrected chi connectivity index (χ1v) is 5.12. The first-order chi connectivity index (χ1) is 7.04. The van der Waals surface area contributed by atoms with E-state index in [4.69, 9.17) is 0 Å². The van der Waals surface area contributed by atoms with Gasteiger partial charge in [-0.05, 0) is 12.8 Å². The summed E-state index contributed by atoms with van der Waals surface area (Å²) in [6.07, 6.45) is 3.43. The Morgan fingerprint density at radius 3 is 2.47 bits per heavy atom. The zero-order valence-corrected chi connectivity index (χ0v) is 9.40. The molecule has 0 aliphatic heterocycles. The van der Waals surface area contributed by atoms with E-state index in [9.17, 15) is 9.90 Å². The van der Waals surface area contributed by atoms with Gasteiger partial charge in [0.2, 0.25) is 0 Å². The lowest BCUT2D eigenvalue weighted by Gasteiger charge is -2.25. The van der Waals surface area contributed by atoms with E-state index in [2.05, 4.69) is 10.3 Å². The Hall–Kier alpha value is -1.39. The van der Waals surface area contributed by atoms with E-state index < -0.39 is 11.4 Å². The highest BCUT2D eigenvalue weighted by molar-refractivity contribution is 5.74. The molecule has 0 atom stereocenters. The summed E-state index contributed by atoms with van der Waals surface area (Å²) in [4.78, 5) is 11.2. The van der Waals surface area contributed by atoms with Crippen molar-refractivity contribution in [2.45, 2.75) is 33.1 Å². The maximum Gasteiger partial charge on any atom is 0.310 e. The second-order valence-electron chi connectivity index (χ2n) is 3.85. The molecule has 0 aliphatic rings. The van der Waals surface area contributed by atoms with Gasteiger partial charge >= 0.3 is 5.97 Å². The molecule has 0 aromatic carbocycles. The molecule has 84 valence electrons. The maximum absolute atomic E-state index is 11.2. The van der Waals surface area contributed by atoms with E-state index in [0.29, 0.717) is 19.3 Å². The number of hydrogen-bond donors (Lipinski definition) is 1. The fraction of sp³-hybridized carbons (Fsp3) is 0.700. The molecular formula is C10H17N3O2. The van der Waals surface area contributed by atoms with Crippen molar-refractivity contribution >= 4 is 5.97 Å². The fourth-order valence-corrected chi connectivity index (χ4v) is 1.70. The van der Waals surface area contributed by atoms with Crippen LogP contribution >= 0.6 is 0 Å². The second-order valence-corrected chi connectivity index (χ2v) is 3.85. The van der Waals surface area contributed by atoms with Crippen molar-refractivity contribution in [1.82, 2.24) is 15.0 Å². The number of carboxylic acids is 1. The third-order valence-electron chi connectivity index (χ3n) is 2.98. The highest BCUT2D eigenvalue weighted by atomic mass is 16.4. The summed E-state index contributed by atoms with van der Waals surface area (Å²) < 4.78 is 1.59. The lowest BCUT2D eigenvalue weighted by Crippen LogP contribution is -2.32. The zero-order chi connectivity index (χ0) is 11.5. The van der Waals surface area contributed by atoms with Gasteiger partial charge < -0.3 is 5.11 Å². The largest absolute Gasteiger partial charge is 0.481 e. The van der Waals surface area contributed by atoms with Crippen molar-refractivity contribution in [2.24, 2.45) is 12.5 Å². The molecule has 1 heterocycles. The molecule has 1 aromatic rings. The highest BCUT2D eigenvalue weighted by Crippen LogP contribution is 2.30. The van der Waals surface area contributed by atoms with Crippen molar-refractivity contribution in [1.29, 1.82) is 0 Å². The van der Waals surface area contributed by atoms with Crippen LogP contribution in [0, 0.1) is 5.41 Å². The maximum atomic E-state index is 11.2. The number of rotatable bonds is 5. The number of carboxylic acid groups (broad SMARTS) is 1. The van der Waals surface area contributed by atoms with Gasteiger partial charge in [0.15, 0.2) is 0 Å². The monoisotopic (exact) mass is 211 g/mol. The van der Waals surface area contributed by atoms with Crippen LogP contribution in [0.5, 0.6) is 0 Å². The molecule has 0 unspecified atom stereocenters. The number of aryl methyl sites for hydroxylation is 1. The van der Waals surface area contributed by atoms with Gasteiger partial charge in [0.25, 0.3) is 0 Å². The van der Waals surface area contributed by atoms with Gasteiger partial charge in [0, 0.05) is 19.7 Å². The minimum Gasteiger partial charge on any atom is -0.481 e. The quantitative estimate of drug-likeness (QED) is 0.795. The van der Waals surface area contributed by atoms with Crippen molar-refractivity contribution in [3.05, 3.63) is 11.9 Å². The third-order valence-corrected chi connectivity index (χ3v) is 2.98. The lowest BCUT2D eigenvalue weighted by atomic mass is 9.78. The molecule has 15 heavy (non-hydrogen) atoms. The Kier molecular flexibility index (Phi) is 3.44. The van der Waals surface area contributed by atoms with E-state index in [1.165, 1.54) is 0 Å². The number of hydrogen-bond acceptors (Lipinski definition) is 3. The molecule has 1 rings (SSSR count).